The first-order valence-electron chi connectivity index (χ1n) is 7.30. The van der Waals surface area contributed by atoms with Gasteiger partial charge in [-0.2, -0.15) is 0 Å². The molecule has 1 fully saturated rings. The van der Waals surface area contributed by atoms with Crippen molar-refractivity contribution in [2.75, 3.05) is 19.6 Å². The van der Waals surface area contributed by atoms with Crippen molar-refractivity contribution >= 4 is 24.8 Å². The maximum absolute atomic E-state index is 10.1. The summed E-state index contributed by atoms with van der Waals surface area (Å²) in [5, 5.41) is 23.2. The van der Waals surface area contributed by atoms with Gasteiger partial charge in [0.25, 0.3) is 0 Å². The van der Waals surface area contributed by atoms with Crippen molar-refractivity contribution in [1.29, 1.82) is 0 Å². The summed E-state index contributed by atoms with van der Waals surface area (Å²) in [6.45, 7) is 2.41. The summed E-state index contributed by atoms with van der Waals surface area (Å²) in [6, 6.07) is 3.31. The van der Waals surface area contributed by atoms with Crippen molar-refractivity contribution in [2.45, 2.75) is 31.5 Å². The number of benzene rings is 1. The Labute approximate surface area is 143 Å². The molecule has 2 atom stereocenters. The second-order valence-electron chi connectivity index (χ2n) is 5.69. The highest BCUT2D eigenvalue weighted by molar-refractivity contribution is 5.85. The number of ether oxygens (including phenoxy) is 1. The van der Waals surface area contributed by atoms with Gasteiger partial charge >= 0.3 is 0 Å². The largest absolute Gasteiger partial charge is 0.504 e. The first-order valence-corrected chi connectivity index (χ1v) is 7.30. The van der Waals surface area contributed by atoms with E-state index in [1.165, 1.54) is 6.07 Å². The highest BCUT2D eigenvalue weighted by Crippen LogP contribution is 2.41. The third kappa shape index (κ3) is 3.60. The van der Waals surface area contributed by atoms with Crippen LogP contribution in [-0.4, -0.2) is 36.0 Å². The standard InChI is InChI=1S/C15H22N2O3.2ClH/c16-8-14-10-1-2-12(18)15(19)11(10)7-13(20-14)9-3-5-17-6-4-9;;/h1-2,9,13-14,17-19H,3-8,16H2;2*1H. The molecule has 126 valence electrons. The summed E-state index contributed by atoms with van der Waals surface area (Å²) in [5.41, 5.74) is 7.53. The Hall–Kier alpha value is -0.720. The molecule has 0 spiro atoms. The van der Waals surface area contributed by atoms with Crippen LogP contribution in [0.25, 0.3) is 0 Å². The lowest BCUT2D eigenvalue weighted by Crippen LogP contribution is -2.40. The number of piperidine rings is 1. The molecule has 0 amide bonds. The van der Waals surface area contributed by atoms with E-state index >= 15 is 0 Å². The first-order chi connectivity index (χ1) is 9.70. The molecular formula is C15H24Cl2N2O3. The molecule has 2 aliphatic rings. The summed E-state index contributed by atoms with van der Waals surface area (Å²) in [6.07, 6.45) is 2.70. The molecule has 0 aromatic heterocycles. The molecule has 0 aliphatic carbocycles. The number of rotatable bonds is 2. The fourth-order valence-electron chi connectivity index (χ4n) is 3.37. The summed E-state index contributed by atoms with van der Waals surface area (Å²) < 4.78 is 6.15. The number of hydrogen-bond acceptors (Lipinski definition) is 5. The van der Waals surface area contributed by atoms with Crippen LogP contribution in [0.3, 0.4) is 0 Å². The number of fused-ring (bicyclic) bond motifs is 1. The molecule has 7 heteroatoms. The molecular weight excluding hydrogens is 327 g/mol. The van der Waals surface area contributed by atoms with E-state index in [1.54, 1.807) is 6.07 Å². The molecule has 22 heavy (non-hydrogen) atoms. The van der Waals surface area contributed by atoms with E-state index in [0.29, 0.717) is 18.9 Å². The minimum Gasteiger partial charge on any atom is -0.504 e. The van der Waals surface area contributed by atoms with Crippen LogP contribution in [0.4, 0.5) is 0 Å². The van der Waals surface area contributed by atoms with E-state index in [1.807, 2.05) is 0 Å². The maximum atomic E-state index is 10.1. The van der Waals surface area contributed by atoms with Gasteiger partial charge in [0.05, 0.1) is 12.2 Å². The molecule has 1 saturated heterocycles. The van der Waals surface area contributed by atoms with E-state index in [9.17, 15) is 10.2 Å². The predicted molar refractivity (Wildman–Crippen MR) is 90.2 cm³/mol. The number of phenols is 2. The SMILES string of the molecule is Cl.Cl.NCC1OC(C2CCNCC2)Cc2c1ccc(O)c2O. The Bertz CT molecular complexity index is 496. The normalized spacial score (nSPS) is 24.8. The van der Waals surface area contributed by atoms with Crippen LogP contribution < -0.4 is 11.1 Å². The number of aromatic hydroxyl groups is 2. The van der Waals surface area contributed by atoms with Gasteiger partial charge in [0.15, 0.2) is 11.5 Å². The molecule has 1 aromatic carbocycles. The van der Waals surface area contributed by atoms with Gasteiger partial charge in [-0.25, -0.2) is 0 Å². The van der Waals surface area contributed by atoms with Gasteiger partial charge < -0.3 is 26.0 Å². The fraction of sp³-hybridized carbons (Fsp3) is 0.600. The fourth-order valence-corrected chi connectivity index (χ4v) is 3.37. The molecule has 1 aromatic rings. The van der Waals surface area contributed by atoms with E-state index in [2.05, 4.69) is 5.32 Å². The van der Waals surface area contributed by atoms with Gasteiger partial charge in [0.1, 0.15) is 0 Å². The van der Waals surface area contributed by atoms with Gasteiger partial charge in [-0.15, -0.1) is 24.8 Å². The predicted octanol–water partition coefficient (Wildman–Crippen LogP) is 1.88. The Morgan fingerprint density at radius 2 is 1.86 bits per heavy atom. The Morgan fingerprint density at radius 1 is 1.18 bits per heavy atom. The smallest absolute Gasteiger partial charge is 0.161 e. The zero-order chi connectivity index (χ0) is 14.1. The van der Waals surface area contributed by atoms with Crippen molar-refractivity contribution in [3.05, 3.63) is 23.3 Å². The van der Waals surface area contributed by atoms with Crippen molar-refractivity contribution in [2.24, 2.45) is 11.7 Å². The number of nitrogens with one attached hydrogen (secondary N) is 1. The van der Waals surface area contributed by atoms with Crippen molar-refractivity contribution < 1.29 is 14.9 Å². The van der Waals surface area contributed by atoms with Gasteiger partial charge in [-0.1, -0.05) is 6.07 Å². The summed E-state index contributed by atoms with van der Waals surface area (Å²) in [5.74, 6) is 0.411. The van der Waals surface area contributed by atoms with Crippen LogP contribution in [0.5, 0.6) is 11.5 Å². The average molecular weight is 351 g/mol. The summed E-state index contributed by atoms with van der Waals surface area (Å²) in [4.78, 5) is 0. The number of phenolic OH excluding ortho intramolecular Hbond substituents is 2. The van der Waals surface area contributed by atoms with Crippen LogP contribution >= 0.6 is 24.8 Å². The molecule has 2 unspecified atom stereocenters. The maximum Gasteiger partial charge on any atom is 0.161 e. The summed E-state index contributed by atoms with van der Waals surface area (Å²) >= 11 is 0. The van der Waals surface area contributed by atoms with Crippen LogP contribution in [0, 0.1) is 5.92 Å². The highest BCUT2D eigenvalue weighted by atomic mass is 35.5. The van der Waals surface area contributed by atoms with Crippen molar-refractivity contribution in [1.82, 2.24) is 5.32 Å². The van der Waals surface area contributed by atoms with Crippen LogP contribution in [-0.2, 0) is 11.2 Å². The van der Waals surface area contributed by atoms with Crippen LogP contribution in [0.15, 0.2) is 12.1 Å². The minimum atomic E-state index is -0.190. The molecule has 0 saturated carbocycles. The molecule has 2 heterocycles. The quantitative estimate of drug-likeness (QED) is 0.611. The molecule has 2 aliphatic heterocycles. The minimum absolute atomic E-state index is 0. The third-order valence-electron chi connectivity index (χ3n) is 4.51. The lowest BCUT2D eigenvalue weighted by Gasteiger charge is -2.38. The second-order valence-corrected chi connectivity index (χ2v) is 5.69. The Kier molecular flexibility index (Phi) is 7.22. The lowest BCUT2D eigenvalue weighted by atomic mass is 9.84. The number of nitrogens with two attached hydrogens (primary N) is 1. The number of halogens is 2. The van der Waals surface area contributed by atoms with Gasteiger partial charge in [-0.3, -0.25) is 0 Å². The average Bonchev–Trinajstić information content (AvgIpc) is 2.51. The van der Waals surface area contributed by atoms with E-state index < -0.39 is 0 Å². The van der Waals surface area contributed by atoms with Gasteiger partial charge in [0.2, 0.25) is 0 Å². The van der Waals surface area contributed by atoms with Gasteiger partial charge in [0, 0.05) is 18.5 Å². The van der Waals surface area contributed by atoms with E-state index in [0.717, 1.165) is 37.1 Å². The van der Waals surface area contributed by atoms with E-state index in [4.69, 9.17) is 10.5 Å². The topological polar surface area (TPSA) is 87.7 Å². The molecule has 3 rings (SSSR count). The lowest BCUT2D eigenvalue weighted by molar-refractivity contribution is -0.0580. The monoisotopic (exact) mass is 350 g/mol. The zero-order valence-corrected chi connectivity index (χ0v) is 14.0. The zero-order valence-electron chi connectivity index (χ0n) is 12.3. The molecule has 0 radical (unpaired) electrons. The van der Waals surface area contributed by atoms with Crippen LogP contribution in [0.2, 0.25) is 0 Å². The molecule has 5 nitrogen and oxygen atoms in total. The third-order valence-corrected chi connectivity index (χ3v) is 4.51. The van der Waals surface area contributed by atoms with Crippen molar-refractivity contribution in [3.8, 4) is 11.5 Å². The van der Waals surface area contributed by atoms with Gasteiger partial charge in [-0.05, 0) is 43.5 Å². The number of hydrogen-bond donors (Lipinski definition) is 4. The molecule has 0 bridgehead atoms. The Balaban J connectivity index is 0.00000121. The second kappa shape index (κ2) is 8.22. The molecule has 5 N–H and O–H groups in total. The highest BCUT2D eigenvalue weighted by Gasteiger charge is 2.34. The Morgan fingerprint density at radius 3 is 2.50 bits per heavy atom. The van der Waals surface area contributed by atoms with Crippen molar-refractivity contribution in [3.63, 3.8) is 0 Å². The van der Waals surface area contributed by atoms with Crippen LogP contribution in [0.1, 0.15) is 30.1 Å². The first kappa shape index (κ1) is 19.3. The van der Waals surface area contributed by atoms with E-state index in [-0.39, 0.29) is 48.5 Å². The summed E-state index contributed by atoms with van der Waals surface area (Å²) in [7, 11) is 0.